The van der Waals surface area contributed by atoms with E-state index < -0.39 is 5.97 Å². The van der Waals surface area contributed by atoms with Crippen LogP contribution in [0.15, 0.2) is 45.7 Å². The molecule has 150 valence electrons. The number of imidazole rings is 1. The Balaban J connectivity index is 1.48. The molecule has 0 atom stereocenters. The molecule has 0 saturated carbocycles. The molecule has 0 unspecified atom stereocenters. The van der Waals surface area contributed by atoms with E-state index in [1.54, 1.807) is 12.1 Å². The second-order valence-corrected chi connectivity index (χ2v) is 6.81. The highest BCUT2D eigenvalue weighted by molar-refractivity contribution is 5.93. The number of aromatic nitrogens is 3. The van der Waals surface area contributed by atoms with E-state index in [0.29, 0.717) is 23.2 Å². The number of hydrogen-bond donors (Lipinski definition) is 1. The number of rotatable bonds is 7. The van der Waals surface area contributed by atoms with Gasteiger partial charge in [0.15, 0.2) is 12.3 Å². The number of nitrogens with one attached hydrogen (secondary N) is 1. The molecule has 0 fully saturated rings. The van der Waals surface area contributed by atoms with Crippen molar-refractivity contribution >= 4 is 28.0 Å². The van der Waals surface area contributed by atoms with Gasteiger partial charge in [-0.2, -0.15) is 0 Å². The zero-order chi connectivity index (χ0) is 20.4. The van der Waals surface area contributed by atoms with Gasteiger partial charge >= 0.3 is 11.7 Å². The highest BCUT2D eigenvalue weighted by Crippen LogP contribution is 2.23. The van der Waals surface area contributed by atoms with Crippen LogP contribution in [-0.4, -0.2) is 27.3 Å². The van der Waals surface area contributed by atoms with Crippen molar-refractivity contribution in [1.82, 2.24) is 14.7 Å². The molecule has 8 heteroatoms. The van der Waals surface area contributed by atoms with E-state index in [-0.39, 0.29) is 18.8 Å². The summed E-state index contributed by atoms with van der Waals surface area (Å²) in [7, 11) is 0. The summed E-state index contributed by atoms with van der Waals surface area (Å²) in [6.45, 7) is 4.30. The van der Waals surface area contributed by atoms with Crippen LogP contribution < -0.4 is 10.4 Å². The van der Waals surface area contributed by atoms with E-state index >= 15 is 0 Å². The SMILES string of the molecule is CCCOc1cccc(CC(=O)OCn2c(=O)[nH]c3cc4onc(C)c4cc32)c1. The third kappa shape index (κ3) is 3.87. The number of ether oxygens (including phenoxy) is 2. The van der Waals surface area contributed by atoms with Crippen LogP contribution in [0.4, 0.5) is 0 Å². The van der Waals surface area contributed by atoms with Gasteiger partial charge in [-0.25, -0.2) is 4.79 Å². The van der Waals surface area contributed by atoms with Crippen molar-refractivity contribution in [2.45, 2.75) is 33.4 Å². The zero-order valence-corrected chi connectivity index (χ0v) is 16.2. The average Bonchev–Trinajstić information content (AvgIpc) is 3.22. The monoisotopic (exact) mass is 395 g/mol. The summed E-state index contributed by atoms with van der Waals surface area (Å²) in [6, 6.07) is 10.9. The summed E-state index contributed by atoms with van der Waals surface area (Å²) >= 11 is 0. The van der Waals surface area contributed by atoms with Crippen molar-refractivity contribution in [2.75, 3.05) is 6.61 Å². The maximum Gasteiger partial charge on any atom is 0.329 e. The second kappa shape index (κ2) is 7.83. The smallest absolute Gasteiger partial charge is 0.329 e. The topological polar surface area (TPSA) is 99.3 Å². The van der Waals surface area contributed by atoms with Crippen molar-refractivity contribution in [3.8, 4) is 5.75 Å². The van der Waals surface area contributed by atoms with Crippen LogP contribution in [0.3, 0.4) is 0 Å². The van der Waals surface area contributed by atoms with E-state index in [4.69, 9.17) is 14.0 Å². The molecule has 2 heterocycles. The normalized spacial score (nSPS) is 11.2. The van der Waals surface area contributed by atoms with Crippen LogP contribution in [0.2, 0.25) is 0 Å². The van der Waals surface area contributed by atoms with E-state index in [2.05, 4.69) is 10.1 Å². The fourth-order valence-electron chi connectivity index (χ4n) is 3.16. The largest absolute Gasteiger partial charge is 0.494 e. The van der Waals surface area contributed by atoms with Crippen LogP contribution in [0.25, 0.3) is 22.0 Å². The van der Waals surface area contributed by atoms with Crippen LogP contribution in [-0.2, 0) is 22.7 Å². The van der Waals surface area contributed by atoms with Crippen molar-refractivity contribution in [2.24, 2.45) is 0 Å². The molecule has 1 N–H and O–H groups in total. The van der Waals surface area contributed by atoms with Crippen molar-refractivity contribution in [1.29, 1.82) is 0 Å². The predicted octanol–water partition coefficient (Wildman–Crippen LogP) is 3.31. The van der Waals surface area contributed by atoms with Gasteiger partial charge in [0.2, 0.25) is 0 Å². The Morgan fingerprint density at radius 3 is 2.97 bits per heavy atom. The third-order valence-corrected chi connectivity index (χ3v) is 4.62. The molecule has 0 radical (unpaired) electrons. The summed E-state index contributed by atoms with van der Waals surface area (Å²) < 4.78 is 17.5. The lowest BCUT2D eigenvalue weighted by Crippen LogP contribution is -2.21. The number of nitrogens with zero attached hydrogens (tertiary/aromatic N) is 2. The molecule has 0 saturated heterocycles. The fourth-order valence-corrected chi connectivity index (χ4v) is 3.16. The molecule has 0 amide bonds. The number of benzene rings is 2. The van der Waals surface area contributed by atoms with Crippen molar-refractivity contribution in [3.63, 3.8) is 0 Å². The Kier molecular flexibility index (Phi) is 5.07. The maximum atomic E-state index is 12.3. The number of carbonyl (C=O) groups is 1. The van der Waals surface area contributed by atoms with Gasteiger partial charge in [-0.15, -0.1) is 0 Å². The lowest BCUT2D eigenvalue weighted by Gasteiger charge is -2.08. The minimum atomic E-state index is -0.430. The van der Waals surface area contributed by atoms with E-state index in [0.717, 1.165) is 28.8 Å². The number of esters is 1. The highest BCUT2D eigenvalue weighted by atomic mass is 16.5. The van der Waals surface area contributed by atoms with Gasteiger partial charge in [0.05, 0.1) is 29.8 Å². The molecular formula is C21H21N3O5. The van der Waals surface area contributed by atoms with Crippen LogP contribution >= 0.6 is 0 Å². The van der Waals surface area contributed by atoms with Crippen LogP contribution in [0.5, 0.6) is 5.75 Å². The molecule has 0 aliphatic heterocycles. The van der Waals surface area contributed by atoms with Crippen molar-refractivity contribution < 1.29 is 18.8 Å². The number of carbonyl (C=O) groups excluding carboxylic acids is 1. The van der Waals surface area contributed by atoms with Crippen LogP contribution in [0, 0.1) is 6.92 Å². The first-order valence-corrected chi connectivity index (χ1v) is 9.41. The lowest BCUT2D eigenvalue weighted by molar-refractivity contribution is -0.146. The molecule has 0 bridgehead atoms. The average molecular weight is 395 g/mol. The third-order valence-electron chi connectivity index (χ3n) is 4.62. The first kappa shape index (κ1) is 18.8. The molecular weight excluding hydrogens is 374 g/mol. The molecule has 29 heavy (non-hydrogen) atoms. The van der Waals surface area contributed by atoms with Gasteiger partial charge in [-0.1, -0.05) is 24.2 Å². The van der Waals surface area contributed by atoms with Gasteiger partial charge in [0.25, 0.3) is 0 Å². The van der Waals surface area contributed by atoms with Gasteiger partial charge in [0.1, 0.15) is 5.75 Å². The predicted molar refractivity (Wildman–Crippen MR) is 107 cm³/mol. The quantitative estimate of drug-likeness (QED) is 0.482. The number of aromatic amines is 1. The first-order chi connectivity index (χ1) is 14.0. The Bertz CT molecular complexity index is 1230. The highest BCUT2D eigenvalue weighted by Gasteiger charge is 2.14. The lowest BCUT2D eigenvalue weighted by atomic mass is 10.1. The first-order valence-electron chi connectivity index (χ1n) is 9.41. The number of aryl methyl sites for hydroxylation is 1. The number of hydrogen-bond acceptors (Lipinski definition) is 6. The Morgan fingerprint density at radius 2 is 2.14 bits per heavy atom. The number of fused-ring (bicyclic) bond motifs is 2. The Labute approximate surface area is 166 Å². The Morgan fingerprint density at radius 1 is 1.28 bits per heavy atom. The van der Waals surface area contributed by atoms with Crippen LogP contribution in [0.1, 0.15) is 24.6 Å². The summed E-state index contributed by atoms with van der Waals surface area (Å²) in [5.74, 6) is 0.291. The molecule has 8 nitrogen and oxygen atoms in total. The van der Waals surface area contributed by atoms with E-state index in [1.807, 2.05) is 38.1 Å². The maximum absolute atomic E-state index is 12.3. The Hall–Kier alpha value is -3.55. The fraction of sp³-hybridized carbons (Fsp3) is 0.286. The zero-order valence-electron chi connectivity index (χ0n) is 16.2. The van der Waals surface area contributed by atoms with Gasteiger partial charge in [-0.05, 0) is 37.1 Å². The summed E-state index contributed by atoms with van der Waals surface area (Å²) in [5, 5.41) is 4.73. The minimum Gasteiger partial charge on any atom is -0.494 e. The molecule has 4 rings (SSSR count). The second-order valence-electron chi connectivity index (χ2n) is 6.81. The summed E-state index contributed by atoms with van der Waals surface area (Å²) in [5.41, 5.74) is 2.96. The molecule has 4 aromatic rings. The van der Waals surface area contributed by atoms with E-state index in [1.165, 1.54) is 4.57 Å². The number of H-pyrrole nitrogens is 1. The molecule has 2 aromatic heterocycles. The molecule has 0 spiro atoms. The molecule has 0 aliphatic carbocycles. The minimum absolute atomic E-state index is 0.0927. The van der Waals surface area contributed by atoms with E-state index in [9.17, 15) is 9.59 Å². The standard InChI is InChI=1S/C21H21N3O5/c1-3-7-27-15-6-4-5-14(8-15)9-20(25)28-12-24-18-10-16-13(2)23-29-19(16)11-17(18)22-21(24)26/h4-6,8,10-11H,3,7,9,12H2,1-2H3,(H,22,26). The van der Waals surface area contributed by atoms with Gasteiger partial charge in [0, 0.05) is 11.5 Å². The molecule has 2 aromatic carbocycles. The summed E-state index contributed by atoms with van der Waals surface area (Å²) in [6.07, 6.45) is 1.00. The van der Waals surface area contributed by atoms with Gasteiger partial charge in [-0.3, -0.25) is 9.36 Å². The molecule has 0 aliphatic rings. The van der Waals surface area contributed by atoms with Gasteiger partial charge < -0.3 is 19.0 Å². The summed E-state index contributed by atoms with van der Waals surface area (Å²) in [4.78, 5) is 27.3. The van der Waals surface area contributed by atoms with Crippen molar-refractivity contribution in [3.05, 3.63) is 58.1 Å².